The summed E-state index contributed by atoms with van der Waals surface area (Å²) in [5, 5.41) is 10.0. The molecule has 2 fully saturated rings. The van der Waals surface area contributed by atoms with Crippen molar-refractivity contribution in [3.63, 3.8) is 0 Å². The molecule has 0 radical (unpaired) electrons. The minimum atomic E-state index is -2.59. The Kier molecular flexibility index (Phi) is 4.37. The molecule has 0 spiro atoms. The van der Waals surface area contributed by atoms with E-state index in [9.17, 15) is 18.7 Å². The van der Waals surface area contributed by atoms with Gasteiger partial charge in [-0.05, 0) is 0 Å². The number of nitrogens with zero attached hydrogens (tertiary/aromatic N) is 2. The van der Waals surface area contributed by atoms with Crippen LogP contribution in [0.25, 0.3) is 0 Å². The first kappa shape index (κ1) is 14.6. The fourth-order valence-corrected chi connectivity index (χ4v) is 2.80. The van der Waals surface area contributed by atoms with Gasteiger partial charge < -0.3 is 15.7 Å². The van der Waals surface area contributed by atoms with E-state index in [0.29, 0.717) is 6.54 Å². The number of halogens is 2. The van der Waals surface area contributed by atoms with Crippen LogP contribution in [0.5, 0.6) is 0 Å². The molecule has 110 valence electrons. The topological polar surface area (TPSA) is 69.8 Å². The number of amides is 1. The lowest BCUT2D eigenvalue weighted by Crippen LogP contribution is -2.49. The van der Waals surface area contributed by atoms with E-state index < -0.39 is 12.0 Å². The normalized spacial score (nSPS) is 31.7. The average Bonchev–Trinajstić information content (AvgIpc) is 2.72. The molecule has 0 aliphatic carbocycles. The van der Waals surface area contributed by atoms with Crippen molar-refractivity contribution < 1.29 is 18.7 Å². The molecule has 1 amide bonds. The third-order valence-electron chi connectivity index (χ3n) is 3.97. The molecule has 2 heterocycles. The number of carbonyl (C=O) groups is 1. The van der Waals surface area contributed by atoms with Crippen molar-refractivity contribution in [2.24, 2.45) is 5.73 Å². The molecule has 19 heavy (non-hydrogen) atoms. The number of aliphatic hydroxyl groups is 1. The molecule has 2 saturated heterocycles. The number of aliphatic hydroxyl groups excluding tert-OH is 1. The SMILES string of the molecule is NCCC(=O)N1C[C@@H](O)[C@H](N2CCC(F)(F)CC2)C1. The van der Waals surface area contributed by atoms with E-state index in [2.05, 4.69) is 0 Å². The third kappa shape index (κ3) is 3.40. The summed E-state index contributed by atoms with van der Waals surface area (Å²) in [4.78, 5) is 15.2. The number of hydrogen-bond acceptors (Lipinski definition) is 4. The zero-order valence-corrected chi connectivity index (χ0v) is 10.9. The number of alkyl halides is 2. The van der Waals surface area contributed by atoms with Crippen molar-refractivity contribution in [1.82, 2.24) is 9.80 Å². The van der Waals surface area contributed by atoms with Gasteiger partial charge in [-0.1, -0.05) is 0 Å². The van der Waals surface area contributed by atoms with Crippen molar-refractivity contribution >= 4 is 5.91 Å². The number of β-amino-alcohol motifs (C(OH)–C–C–N with tert-alkyl or cyclic N) is 1. The van der Waals surface area contributed by atoms with Crippen LogP contribution in [0.2, 0.25) is 0 Å². The molecule has 7 heteroatoms. The quantitative estimate of drug-likeness (QED) is 0.739. The highest BCUT2D eigenvalue weighted by Crippen LogP contribution is 2.30. The summed E-state index contributed by atoms with van der Waals surface area (Å²) in [6, 6.07) is -0.224. The molecule has 2 aliphatic heterocycles. The summed E-state index contributed by atoms with van der Waals surface area (Å²) < 4.78 is 26.2. The molecular formula is C12H21F2N3O2. The van der Waals surface area contributed by atoms with Crippen molar-refractivity contribution in [1.29, 1.82) is 0 Å². The number of carbonyl (C=O) groups excluding carboxylic acids is 1. The lowest BCUT2D eigenvalue weighted by molar-refractivity contribution is -0.130. The van der Waals surface area contributed by atoms with Crippen LogP contribution in [0.3, 0.4) is 0 Å². The van der Waals surface area contributed by atoms with Crippen LogP contribution >= 0.6 is 0 Å². The van der Waals surface area contributed by atoms with Gasteiger partial charge in [-0.15, -0.1) is 0 Å². The lowest BCUT2D eigenvalue weighted by atomic mass is 10.0. The third-order valence-corrected chi connectivity index (χ3v) is 3.97. The van der Waals surface area contributed by atoms with Crippen LogP contribution in [0, 0.1) is 0 Å². The summed E-state index contributed by atoms with van der Waals surface area (Å²) in [7, 11) is 0. The Morgan fingerprint density at radius 2 is 1.95 bits per heavy atom. The number of piperidine rings is 1. The Balaban J connectivity index is 1.90. The van der Waals surface area contributed by atoms with Gasteiger partial charge in [0.25, 0.3) is 5.92 Å². The first-order chi connectivity index (χ1) is 8.93. The van der Waals surface area contributed by atoms with E-state index in [1.165, 1.54) is 0 Å². The average molecular weight is 277 g/mol. The summed E-state index contributed by atoms with van der Waals surface area (Å²) in [5.74, 6) is -2.67. The lowest BCUT2D eigenvalue weighted by Gasteiger charge is -2.36. The summed E-state index contributed by atoms with van der Waals surface area (Å²) in [6.45, 7) is 1.51. The van der Waals surface area contributed by atoms with Crippen LogP contribution in [0.1, 0.15) is 19.3 Å². The van der Waals surface area contributed by atoms with E-state index in [0.717, 1.165) is 0 Å². The maximum absolute atomic E-state index is 13.1. The zero-order valence-electron chi connectivity index (χ0n) is 10.9. The second kappa shape index (κ2) is 5.68. The fourth-order valence-electron chi connectivity index (χ4n) is 2.80. The first-order valence-electron chi connectivity index (χ1n) is 6.71. The largest absolute Gasteiger partial charge is 0.390 e. The zero-order chi connectivity index (χ0) is 14.0. The van der Waals surface area contributed by atoms with Gasteiger partial charge in [0, 0.05) is 52.0 Å². The minimum absolute atomic E-state index is 0.0774. The maximum Gasteiger partial charge on any atom is 0.250 e. The summed E-state index contributed by atoms with van der Waals surface area (Å²) in [6.07, 6.45) is -0.745. The predicted octanol–water partition coefficient (Wildman–Crippen LogP) is -0.362. The second-order valence-electron chi connectivity index (χ2n) is 5.36. The maximum atomic E-state index is 13.1. The van der Waals surface area contributed by atoms with Crippen molar-refractivity contribution in [3.8, 4) is 0 Å². The fraction of sp³-hybridized carbons (Fsp3) is 0.917. The van der Waals surface area contributed by atoms with E-state index in [4.69, 9.17) is 5.73 Å². The Labute approximate surface area is 111 Å². The summed E-state index contributed by atoms with van der Waals surface area (Å²) in [5.41, 5.74) is 5.34. The van der Waals surface area contributed by atoms with E-state index in [1.54, 1.807) is 4.90 Å². The molecule has 0 aromatic rings. The van der Waals surface area contributed by atoms with Gasteiger partial charge in [0.2, 0.25) is 5.91 Å². The van der Waals surface area contributed by atoms with E-state index in [-0.39, 0.29) is 57.4 Å². The number of nitrogens with two attached hydrogens (primary N) is 1. The highest BCUT2D eigenvalue weighted by molar-refractivity contribution is 5.76. The van der Waals surface area contributed by atoms with Crippen molar-refractivity contribution in [3.05, 3.63) is 0 Å². The van der Waals surface area contributed by atoms with Crippen LogP contribution in [-0.4, -0.2) is 71.6 Å². The number of hydrogen-bond donors (Lipinski definition) is 2. The van der Waals surface area contributed by atoms with Crippen molar-refractivity contribution in [2.45, 2.75) is 37.3 Å². The standard InChI is InChI=1S/C12H21F2N3O2/c13-12(14)2-5-16(6-3-12)9-7-17(8-10(9)18)11(19)1-4-15/h9-10,18H,1-8,15H2/t9-,10-/m1/s1. The van der Waals surface area contributed by atoms with Gasteiger partial charge in [-0.3, -0.25) is 9.69 Å². The number of likely N-dealkylation sites (tertiary alicyclic amines) is 2. The Morgan fingerprint density at radius 1 is 1.32 bits per heavy atom. The van der Waals surface area contributed by atoms with Crippen LogP contribution in [0.4, 0.5) is 8.78 Å². The molecular weight excluding hydrogens is 256 g/mol. The molecule has 5 nitrogen and oxygen atoms in total. The molecule has 2 atom stereocenters. The Bertz CT molecular complexity index is 331. The van der Waals surface area contributed by atoms with Gasteiger partial charge in [0.05, 0.1) is 12.1 Å². The molecule has 0 aromatic carbocycles. The van der Waals surface area contributed by atoms with Crippen LogP contribution < -0.4 is 5.73 Å². The smallest absolute Gasteiger partial charge is 0.250 e. The molecule has 0 saturated carbocycles. The summed E-state index contributed by atoms with van der Waals surface area (Å²) >= 11 is 0. The number of rotatable bonds is 3. The Hall–Kier alpha value is -0.790. The van der Waals surface area contributed by atoms with E-state index in [1.807, 2.05) is 4.90 Å². The molecule has 0 unspecified atom stereocenters. The van der Waals surface area contributed by atoms with Gasteiger partial charge in [0.15, 0.2) is 0 Å². The van der Waals surface area contributed by atoms with E-state index >= 15 is 0 Å². The molecule has 0 bridgehead atoms. The monoisotopic (exact) mass is 277 g/mol. The van der Waals surface area contributed by atoms with Crippen LogP contribution in [-0.2, 0) is 4.79 Å². The van der Waals surface area contributed by atoms with Gasteiger partial charge in [0.1, 0.15) is 0 Å². The first-order valence-corrected chi connectivity index (χ1v) is 6.71. The van der Waals surface area contributed by atoms with Gasteiger partial charge >= 0.3 is 0 Å². The Morgan fingerprint density at radius 3 is 2.53 bits per heavy atom. The van der Waals surface area contributed by atoms with Gasteiger partial charge in [-0.25, -0.2) is 8.78 Å². The second-order valence-corrected chi connectivity index (χ2v) is 5.36. The van der Waals surface area contributed by atoms with Gasteiger partial charge in [-0.2, -0.15) is 0 Å². The van der Waals surface area contributed by atoms with Crippen LogP contribution in [0.15, 0.2) is 0 Å². The molecule has 2 aliphatic rings. The highest BCUT2D eigenvalue weighted by Gasteiger charge is 2.42. The van der Waals surface area contributed by atoms with Crippen molar-refractivity contribution in [2.75, 3.05) is 32.7 Å². The highest BCUT2D eigenvalue weighted by atomic mass is 19.3. The predicted molar refractivity (Wildman–Crippen MR) is 65.8 cm³/mol. The molecule has 0 aromatic heterocycles. The minimum Gasteiger partial charge on any atom is -0.390 e. The molecule has 2 rings (SSSR count). The molecule has 3 N–H and O–H groups in total.